The van der Waals surface area contributed by atoms with Crippen molar-refractivity contribution in [1.29, 1.82) is 0 Å². The average Bonchev–Trinajstić information content (AvgIpc) is 1.33. The molecule has 0 heterocycles. The Labute approximate surface area is 59.8 Å². The summed E-state index contributed by atoms with van der Waals surface area (Å²) >= 11 is -0.556. The first-order valence-corrected chi connectivity index (χ1v) is 7.23. The molecule has 7 heavy (non-hydrogen) atoms. The topological polar surface area (TPSA) is 3.24 Å². The van der Waals surface area contributed by atoms with Gasteiger partial charge in [-0.3, -0.25) is 0 Å². The van der Waals surface area contributed by atoms with Gasteiger partial charge in [0.05, 0.1) is 0 Å². The molecule has 0 atom stereocenters. The van der Waals surface area contributed by atoms with Gasteiger partial charge in [-0.1, -0.05) is 0 Å². The van der Waals surface area contributed by atoms with Crippen LogP contribution in [-0.4, -0.2) is 39.6 Å². The third-order valence-corrected chi connectivity index (χ3v) is 0. The van der Waals surface area contributed by atoms with E-state index < -0.39 is 13.6 Å². The SMILES string of the molecule is CN(C)C.[Cl][Ge][Cl]. The third kappa shape index (κ3) is 156. The maximum atomic E-state index is 4.89. The summed E-state index contributed by atoms with van der Waals surface area (Å²) in [6, 6.07) is 0. The number of hydrogen-bond donors (Lipinski definition) is 0. The van der Waals surface area contributed by atoms with Crippen LogP contribution in [0.5, 0.6) is 0 Å². The molecule has 0 rings (SSSR count). The Balaban J connectivity index is 0. The molecule has 0 amide bonds. The fourth-order valence-electron chi connectivity index (χ4n) is 0. The molecule has 0 aromatic heterocycles. The standard InChI is InChI=1S/C3H9N.Cl2Ge/c1-4(2)3;1-3-2/h1-3H3;. The molecule has 0 aliphatic rings. The van der Waals surface area contributed by atoms with Gasteiger partial charge in [0.25, 0.3) is 0 Å². The molecule has 0 aliphatic heterocycles. The van der Waals surface area contributed by atoms with E-state index in [2.05, 4.69) is 0 Å². The average molecular weight is 203 g/mol. The van der Waals surface area contributed by atoms with Gasteiger partial charge in [-0.2, -0.15) is 0 Å². The second-order valence-corrected chi connectivity index (χ2v) is 4.68. The van der Waals surface area contributed by atoms with E-state index in [4.69, 9.17) is 20.0 Å². The van der Waals surface area contributed by atoms with E-state index in [1.54, 1.807) is 0 Å². The van der Waals surface area contributed by atoms with Gasteiger partial charge >= 0.3 is 33.6 Å². The summed E-state index contributed by atoms with van der Waals surface area (Å²) in [4.78, 5) is 2.00. The van der Waals surface area contributed by atoms with E-state index in [9.17, 15) is 0 Å². The second kappa shape index (κ2) is 10.1. The van der Waals surface area contributed by atoms with Crippen molar-refractivity contribution >= 4 is 33.6 Å². The number of nitrogens with zero attached hydrogens (tertiary/aromatic N) is 1. The summed E-state index contributed by atoms with van der Waals surface area (Å²) in [5.41, 5.74) is 0. The number of rotatable bonds is 0. The van der Waals surface area contributed by atoms with Gasteiger partial charge in [0, 0.05) is 0 Å². The van der Waals surface area contributed by atoms with Crippen molar-refractivity contribution in [3.05, 3.63) is 0 Å². The summed E-state index contributed by atoms with van der Waals surface area (Å²) < 4.78 is 0. The minimum atomic E-state index is -0.556. The van der Waals surface area contributed by atoms with Crippen LogP contribution in [0, 0.1) is 0 Å². The van der Waals surface area contributed by atoms with Gasteiger partial charge < -0.3 is 4.90 Å². The fourth-order valence-corrected chi connectivity index (χ4v) is 0. The molecule has 0 unspecified atom stereocenters. The van der Waals surface area contributed by atoms with E-state index in [-0.39, 0.29) is 0 Å². The molecular formula is C3H9Cl2GeN. The van der Waals surface area contributed by atoms with Crippen molar-refractivity contribution in [3.63, 3.8) is 0 Å². The first-order chi connectivity index (χ1) is 3.15. The van der Waals surface area contributed by atoms with Gasteiger partial charge in [0.2, 0.25) is 0 Å². The molecule has 0 N–H and O–H groups in total. The zero-order valence-electron chi connectivity index (χ0n) is 4.70. The third-order valence-electron chi connectivity index (χ3n) is 0. The summed E-state index contributed by atoms with van der Waals surface area (Å²) in [5, 5.41) is 0. The Kier molecular flexibility index (Phi) is 15.9. The molecule has 0 aliphatic carbocycles. The van der Waals surface area contributed by atoms with Crippen molar-refractivity contribution in [2.75, 3.05) is 21.1 Å². The van der Waals surface area contributed by atoms with Crippen LogP contribution in [0.1, 0.15) is 0 Å². The van der Waals surface area contributed by atoms with Gasteiger partial charge in [-0.25, -0.2) is 0 Å². The Morgan fingerprint density at radius 1 is 1.14 bits per heavy atom. The molecule has 0 saturated carbocycles. The summed E-state index contributed by atoms with van der Waals surface area (Å²) in [7, 11) is 15.8. The molecular weight excluding hydrogens is 194 g/mol. The maximum absolute atomic E-state index is 4.89. The molecule has 0 bridgehead atoms. The zero-order valence-corrected chi connectivity index (χ0v) is 8.31. The van der Waals surface area contributed by atoms with E-state index in [1.807, 2.05) is 26.0 Å². The molecule has 0 aromatic rings. The van der Waals surface area contributed by atoms with Crippen LogP contribution in [0.15, 0.2) is 0 Å². The predicted molar refractivity (Wildman–Crippen MR) is 37.1 cm³/mol. The molecule has 0 aromatic carbocycles. The molecule has 0 saturated heterocycles. The van der Waals surface area contributed by atoms with Crippen LogP contribution in [0.4, 0.5) is 0 Å². The van der Waals surface area contributed by atoms with Crippen LogP contribution < -0.4 is 0 Å². The summed E-state index contributed by atoms with van der Waals surface area (Å²) in [6.45, 7) is 0. The Bertz CT molecular complexity index is 24.1. The number of halogens is 2. The van der Waals surface area contributed by atoms with Crippen molar-refractivity contribution in [2.24, 2.45) is 0 Å². The molecule has 0 spiro atoms. The molecule has 1 nitrogen and oxygen atoms in total. The first kappa shape index (κ1) is 11.0. The van der Waals surface area contributed by atoms with Crippen molar-refractivity contribution < 1.29 is 0 Å². The zero-order chi connectivity index (χ0) is 6.28. The van der Waals surface area contributed by atoms with E-state index in [1.165, 1.54) is 0 Å². The Morgan fingerprint density at radius 2 is 1.14 bits per heavy atom. The van der Waals surface area contributed by atoms with Crippen LogP contribution in [-0.2, 0) is 0 Å². The Hall–Kier alpha value is 1.08. The van der Waals surface area contributed by atoms with Gasteiger partial charge in [0.15, 0.2) is 0 Å². The minimum absolute atomic E-state index is 0.556. The molecule has 44 valence electrons. The van der Waals surface area contributed by atoms with E-state index >= 15 is 0 Å². The molecule has 4 heteroatoms. The quantitative estimate of drug-likeness (QED) is 0.534. The summed E-state index contributed by atoms with van der Waals surface area (Å²) in [5.74, 6) is 0. The van der Waals surface area contributed by atoms with Crippen LogP contribution in [0.3, 0.4) is 0 Å². The van der Waals surface area contributed by atoms with Crippen LogP contribution >= 0.6 is 20.0 Å². The molecule has 2 radical (unpaired) electrons. The Morgan fingerprint density at radius 3 is 1.14 bits per heavy atom. The van der Waals surface area contributed by atoms with Crippen molar-refractivity contribution in [1.82, 2.24) is 4.90 Å². The predicted octanol–water partition coefficient (Wildman–Crippen LogP) is 1.18. The van der Waals surface area contributed by atoms with Crippen molar-refractivity contribution in [3.8, 4) is 0 Å². The van der Waals surface area contributed by atoms with Gasteiger partial charge in [-0.05, 0) is 21.1 Å². The molecule has 0 fully saturated rings. The van der Waals surface area contributed by atoms with Gasteiger partial charge in [0.1, 0.15) is 0 Å². The summed E-state index contributed by atoms with van der Waals surface area (Å²) in [6.07, 6.45) is 0. The second-order valence-electron chi connectivity index (χ2n) is 1.41. The number of hydrogen-bond acceptors (Lipinski definition) is 1. The van der Waals surface area contributed by atoms with Gasteiger partial charge in [-0.15, -0.1) is 0 Å². The van der Waals surface area contributed by atoms with E-state index in [0.29, 0.717) is 0 Å². The van der Waals surface area contributed by atoms with E-state index in [0.717, 1.165) is 0 Å². The first-order valence-electron chi connectivity index (χ1n) is 1.72. The normalized spacial score (nSPS) is 7.71. The fraction of sp³-hybridized carbons (Fsp3) is 1.00. The van der Waals surface area contributed by atoms with Crippen LogP contribution in [0.25, 0.3) is 0 Å². The van der Waals surface area contributed by atoms with Crippen molar-refractivity contribution in [2.45, 2.75) is 0 Å². The van der Waals surface area contributed by atoms with Crippen LogP contribution in [0.2, 0.25) is 0 Å². The monoisotopic (exact) mass is 203 g/mol.